The molecule has 0 spiro atoms. The predicted octanol–water partition coefficient (Wildman–Crippen LogP) is 6.01. The van der Waals surface area contributed by atoms with Gasteiger partial charge in [0, 0.05) is 22.2 Å². The van der Waals surface area contributed by atoms with E-state index < -0.39 is 5.60 Å². The molecular formula is C24H24ClIN4O2. The molecule has 2 aliphatic rings. The lowest BCUT2D eigenvalue weighted by molar-refractivity contribution is 0.0833. The minimum atomic E-state index is -0.723. The van der Waals surface area contributed by atoms with Gasteiger partial charge in [-0.25, -0.2) is 10.0 Å². The maximum atomic E-state index is 14.1. The number of hydrazine groups is 1. The topological polar surface area (TPSA) is 61.5 Å². The van der Waals surface area contributed by atoms with E-state index in [2.05, 4.69) is 37.8 Å². The second-order valence-corrected chi connectivity index (χ2v) is 10.3. The third kappa shape index (κ3) is 3.70. The fourth-order valence-electron chi connectivity index (χ4n) is 4.58. The van der Waals surface area contributed by atoms with Crippen molar-refractivity contribution in [2.24, 2.45) is 0 Å². The van der Waals surface area contributed by atoms with Gasteiger partial charge in [-0.2, -0.15) is 5.10 Å². The Morgan fingerprint density at radius 3 is 2.69 bits per heavy atom. The molecule has 32 heavy (non-hydrogen) atoms. The van der Waals surface area contributed by atoms with Crippen molar-refractivity contribution in [2.45, 2.75) is 38.7 Å². The third-order valence-electron chi connectivity index (χ3n) is 6.03. The SMILES string of the molecule is CC1(C)Oc2cc(I)ccc2-c2n[nH]c(C(=O)N(c3ccccc3Cl)N3CCCCC3)c21. The van der Waals surface area contributed by atoms with E-state index in [-0.39, 0.29) is 5.91 Å². The Morgan fingerprint density at radius 2 is 1.94 bits per heavy atom. The average molecular weight is 563 g/mol. The number of benzene rings is 2. The van der Waals surface area contributed by atoms with Gasteiger partial charge in [0.1, 0.15) is 22.7 Å². The van der Waals surface area contributed by atoms with E-state index in [0.29, 0.717) is 16.4 Å². The first-order valence-corrected chi connectivity index (χ1v) is 12.2. The number of amides is 1. The lowest BCUT2D eigenvalue weighted by atomic mass is 9.89. The molecule has 2 aliphatic heterocycles. The van der Waals surface area contributed by atoms with Gasteiger partial charge in [-0.15, -0.1) is 0 Å². The van der Waals surface area contributed by atoms with Crippen molar-refractivity contribution in [1.29, 1.82) is 0 Å². The van der Waals surface area contributed by atoms with Crippen LogP contribution in [0.15, 0.2) is 42.5 Å². The Balaban J connectivity index is 1.63. The van der Waals surface area contributed by atoms with Crippen LogP contribution in [0.1, 0.15) is 49.2 Å². The molecule has 3 heterocycles. The minimum Gasteiger partial charge on any atom is -0.482 e. The van der Waals surface area contributed by atoms with E-state index in [1.54, 1.807) is 5.01 Å². The number of hydrogen-bond donors (Lipinski definition) is 1. The quantitative estimate of drug-likeness (QED) is 0.397. The lowest BCUT2D eigenvalue weighted by Crippen LogP contribution is -2.50. The number of rotatable bonds is 3. The van der Waals surface area contributed by atoms with Crippen molar-refractivity contribution in [2.75, 3.05) is 18.1 Å². The summed E-state index contributed by atoms with van der Waals surface area (Å²) >= 11 is 8.82. The number of H-pyrrole nitrogens is 1. The monoisotopic (exact) mass is 562 g/mol. The van der Waals surface area contributed by atoms with Crippen LogP contribution in [0.25, 0.3) is 11.3 Å². The number of piperidine rings is 1. The zero-order valence-electron chi connectivity index (χ0n) is 18.0. The van der Waals surface area contributed by atoms with Gasteiger partial charge in [-0.3, -0.25) is 9.89 Å². The van der Waals surface area contributed by atoms with E-state index in [1.165, 1.54) is 0 Å². The van der Waals surface area contributed by atoms with Gasteiger partial charge in [0.15, 0.2) is 0 Å². The molecule has 1 N–H and O–H groups in total. The van der Waals surface area contributed by atoms with E-state index in [1.807, 2.05) is 56.3 Å². The number of ether oxygens (including phenoxy) is 1. The number of nitrogens with zero attached hydrogens (tertiary/aromatic N) is 3. The first-order chi connectivity index (χ1) is 15.4. The maximum absolute atomic E-state index is 14.1. The summed E-state index contributed by atoms with van der Waals surface area (Å²) in [6, 6.07) is 13.5. The van der Waals surface area contributed by atoms with Crippen molar-refractivity contribution in [1.82, 2.24) is 15.2 Å². The van der Waals surface area contributed by atoms with Crippen molar-refractivity contribution in [3.05, 3.63) is 62.3 Å². The highest BCUT2D eigenvalue weighted by Gasteiger charge is 2.41. The number of carbonyl (C=O) groups excluding carboxylic acids is 1. The molecule has 8 heteroatoms. The van der Waals surface area contributed by atoms with E-state index >= 15 is 0 Å². The van der Waals surface area contributed by atoms with Gasteiger partial charge < -0.3 is 4.74 Å². The number of nitrogens with one attached hydrogen (secondary N) is 1. The van der Waals surface area contributed by atoms with Crippen LogP contribution in [0.2, 0.25) is 5.02 Å². The van der Waals surface area contributed by atoms with Crippen molar-refractivity contribution in [3.63, 3.8) is 0 Å². The van der Waals surface area contributed by atoms with Gasteiger partial charge >= 0.3 is 0 Å². The lowest BCUT2D eigenvalue weighted by Gasteiger charge is -2.38. The fourth-order valence-corrected chi connectivity index (χ4v) is 5.26. The molecule has 1 amide bonds. The first kappa shape index (κ1) is 21.7. The highest BCUT2D eigenvalue weighted by atomic mass is 127. The van der Waals surface area contributed by atoms with E-state index in [9.17, 15) is 4.79 Å². The van der Waals surface area contributed by atoms with Crippen LogP contribution in [-0.2, 0) is 5.60 Å². The Kier molecular flexibility index (Phi) is 5.67. The maximum Gasteiger partial charge on any atom is 0.291 e. The molecule has 0 radical (unpaired) electrons. The summed E-state index contributed by atoms with van der Waals surface area (Å²) in [5.74, 6) is 0.596. The molecule has 6 nitrogen and oxygen atoms in total. The second-order valence-electron chi connectivity index (χ2n) is 8.66. The first-order valence-electron chi connectivity index (χ1n) is 10.8. The summed E-state index contributed by atoms with van der Waals surface area (Å²) in [6.45, 7) is 5.55. The van der Waals surface area contributed by atoms with Crippen molar-refractivity contribution >= 4 is 45.8 Å². The number of hydrogen-bond acceptors (Lipinski definition) is 4. The zero-order chi connectivity index (χ0) is 22.5. The smallest absolute Gasteiger partial charge is 0.291 e. The average Bonchev–Trinajstić information content (AvgIpc) is 3.22. The van der Waals surface area contributed by atoms with Crippen LogP contribution in [0.3, 0.4) is 0 Å². The number of fused-ring (bicyclic) bond motifs is 3. The van der Waals surface area contributed by atoms with Crippen LogP contribution in [0.5, 0.6) is 5.75 Å². The summed E-state index contributed by atoms with van der Waals surface area (Å²) in [4.78, 5) is 14.1. The van der Waals surface area contributed by atoms with Crippen LogP contribution in [-0.4, -0.2) is 34.2 Å². The summed E-state index contributed by atoms with van der Waals surface area (Å²) in [6.07, 6.45) is 3.24. The van der Waals surface area contributed by atoms with Gasteiger partial charge in [-0.05, 0) is 79.6 Å². The normalized spacial score (nSPS) is 17.2. The second kappa shape index (κ2) is 8.35. The summed E-state index contributed by atoms with van der Waals surface area (Å²) in [5.41, 5.74) is 2.80. The molecule has 0 atom stereocenters. The summed E-state index contributed by atoms with van der Waals surface area (Å²) < 4.78 is 7.44. The predicted molar refractivity (Wildman–Crippen MR) is 134 cm³/mol. The molecular weight excluding hydrogens is 539 g/mol. The fraction of sp³-hybridized carbons (Fsp3) is 0.333. The van der Waals surface area contributed by atoms with Crippen LogP contribution < -0.4 is 9.75 Å². The molecule has 3 aromatic rings. The van der Waals surface area contributed by atoms with E-state index in [0.717, 1.165) is 58.5 Å². The summed E-state index contributed by atoms with van der Waals surface area (Å²) in [5, 5.41) is 12.0. The molecule has 0 bridgehead atoms. The van der Waals surface area contributed by atoms with E-state index in [4.69, 9.17) is 16.3 Å². The van der Waals surface area contributed by atoms with Crippen molar-refractivity contribution < 1.29 is 9.53 Å². The van der Waals surface area contributed by atoms with Gasteiger partial charge in [0.2, 0.25) is 0 Å². The Hall–Kier alpha value is -2.10. The van der Waals surface area contributed by atoms with Crippen LogP contribution in [0, 0.1) is 3.57 Å². The molecule has 1 saturated heterocycles. The Labute approximate surface area is 206 Å². The minimum absolute atomic E-state index is 0.181. The van der Waals surface area contributed by atoms with Gasteiger partial charge in [0.05, 0.1) is 16.3 Å². The molecule has 2 aromatic carbocycles. The largest absolute Gasteiger partial charge is 0.482 e. The number of carbonyl (C=O) groups is 1. The Morgan fingerprint density at radius 1 is 1.19 bits per heavy atom. The van der Waals surface area contributed by atoms with Crippen LogP contribution in [0.4, 0.5) is 5.69 Å². The number of halogens is 2. The standard InChI is InChI=1S/C24H24ClIN4O2/c1-24(2)20-21(16-11-10-15(26)14-19(16)32-24)27-28-22(20)23(31)30(29-12-6-3-7-13-29)18-9-5-4-8-17(18)25/h4-5,8-11,14H,3,6-7,12-13H2,1-2H3,(H,27,28). The Bertz CT molecular complexity index is 1190. The molecule has 1 fully saturated rings. The zero-order valence-corrected chi connectivity index (χ0v) is 20.9. The third-order valence-corrected chi connectivity index (χ3v) is 7.03. The number of para-hydroxylation sites is 1. The number of aromatic amines is 1. The molecule has 0 unspecified atom stereocenters. The van der Waals surface area contributed by atoms with Gasteiger partial charge in [-0.1, -0.05) is 30.2 Å². The molecule has 166 valence electrons. The molecule has 0 aliphatic carbocycles. The number of aromatic nitrogens is 2. The molecule has 5 rings (SSSR count). The molecule has 1 aromatic heterocycles. The summed E-state index contributed by atoms with van der Waals surface area (Å²) in [7, 11) is 0. The highest BCUT2D eigenvalue weighted by molar-refractivity contribution is 14.1. The number of anilines is 1. The van der Waals surface area contributed by atoms with Crippen molar-refractivity contribution in [3.8, 4) is 17.0 Å². The van der Waals surface area contributed by atoms with Crippen LogP contribution >= 0.6 is 34.2 Å². The molecule has 0 saturated carbocycles. The highest BCUT2D eigenvalue weighted by Crippen LogP contribution is 2.46. The van der Waals surface area contributed by atoms with Gasteiger partial charge in [0.25, 0.3) is 5.91 Å².